The highest BCUT2D eigenvalue weighted by molar-refractivity contribution is 8.00. The lowest BCUT2D eigenvalue weighted by Crippen LogP contribution is -2.14. The number of hydrogen-bond acceptors (Lipinski definition) is 8. The van der Waals surface area contributed by atoms with Crippen LogP contribution < -0.4 is 5.32 Å². The number of rotatable bonds is 6. The summed E-state index contributed by atoms with van der Waals surface area (Å²) in [6.45, 7) is 1.98. The van der Waals surface area contributed by atoms with E-state index in [-0.39, 0.29) is 11.7 Å². The summed E-state index contributed by atoms with van der Waals surface area (Å²) < 4.78 is 5.55. The molecule has 0 bridgehead atoms. The zero-order chi connectivity index (χ0) is 21.9. The zero-order valence-electron chi connectivity index (χ0n) is 17.0. The second-order valence-corrected chi connectivity index (χ2v) is 8.87. The normalized spacial score (nSPS) is 11.0. The van der Waals surface area contributed by atoms with Crippen LogP contribution in [0.25, 0.3) is 32.4 Å². The van der Waals surface area contributed by atoms with Crippen molar-refractivity contribution < 1.29 is 9.32 Å². The van der Waals surface area contributed by atoms with Gasteiger partial charge in [0.15, 0.2) is 0 Å². The predicted octanol–water partition coefficient (Wildman–Crippen LogP) is 5.45. The maximum absolute atomic E-state index is 12.4. The van der Waals surface area contributed by atoms with Crippen LogP contribution in [-0.2, 0) is 4.79 Å². The van der Waals surface area contributed by atoms with Crippen molar-refractivity contribution in [1.29, 1.82) is 0 Å². The van der Waals surface area contributed by atoms with Crippen LogP contribution in [0.5, 0.6) is 0 Å². The SMILES string of the molecule is Cc1c(-c2nc(-c3ccccc3)no2)sc2ncnc(SCC(=O)Nc3ccccc3)c12. The van der Waals surface area contributed by atoms with Gasteiger partial charge in [-0.2, -0.15) is 4.98 Å². The second-order valence-electron chi connectivity index (χ2n) is 6.91. The maximum Gasteiger partial charge on any atom is 0.268 e. The van der Waals surface area contributed by atoms with Gasteiger partial charge in [-0.15, -0.1) is 11.3 Å². The molecule has 0 spiro atoms. The Kier molecular flexibility index (Phi) is 5.66. The minimum absolute atomic E-state index is 0.0922. The van der Waals surface area contributed by atoms with Crippen molar-refractivity contribution in [3.05, 3.63) is 72.6 Å². The molecule has 0 aliphatic carbocycles. The van der Waals surface area contributed by atoms with Gasteiger partial charge in [0.25, 0.3) is 5.89 Å². The Morgan fingerprint density at radius 2 is 1.81 bits per heavy atom. The molecule has 32 heavy (non-hydrogen) atoms. The first-order valence-corrected chi connectivity index (χ1v) is 11.6. The molecular weight excluding hydrogens is 442 g/mol. The molecule has 0 saturated heterocycles. The van der Waals surface area contributed by atoms with E-state index >= 15 is 0 Å². The molecule has 3 heterocycles. The topological polar surface area (TPSA) is 93.8 Å². The summed E-state index contributed by atoms with van der Waals surface area (Å²) in [5.74, 6) is 1.13. The minimum Gasteiger partial charge on any atom is -0.333 e. The van der Waals surface area contributed by atoms with E-state index in [4.69, 9.17) is 4.52 Å². The molecule has 5 aromatic rings. The van der Waals surface area contributed by atoms with Gasteiger partial charge >= 0.3 is 0 Å². The molecule has 3 aromatic heterocycles. The number of nitrogens with one attached hydrogen (secondary N) is 1. The number of carbonyl (C=O) groups excluding carboxylic acids is 1. The van der Waals surface area contributed by atoms with Gasteiger partial charge in [0, 0.05) is 16.6 Å². The molecule has 158 valence electrons. The van der Waals surface area contributed by atoms with Gasteiger partial charge in [0.1, 0.15) is 16.2 Å². The molecule has 9 heteroatoms. The molecular formula is C23H17N5O2S2. The fraction of sp³-hybridized carbons (Fsp3) is 0.0870. The van der Waals surface area contributed by atoms with Crippen molar-refractivity contribution in [1.82, 2.24) is 20.1 Å². The van der Waals surface area contributed by atoms with Crippen LogP contribution in [0.15, 0.2) is 76.5 Å². The van der Waals surface area contributed by atoms with E-state index in [1.165, 1.54) is 29.4 Å². The van der Waals surface area contributed by atoms with Gasteiger partial charge in [-0.1, -0.05) is 65.4 Å². The van der Waals surface area contributed by atoms with E-state index < -0.39 is 0 Å². The molecule has 0 saturated carbocycles. The van der Waals surface area contributed by atoms with Crippen molar-refractivity contribution in [2.45, 2.75) is 11.9 Å². The molecule has 0 aliphatic heterocycles. The highest BCUT2D eigenvalue weighted by atomic mass is 32.2. The lowest BCUT2D eigenvalue weighted by atomic mass is 10.2. The molecule has 0 unspecified atom stereocenters. The first kappa shape index (κ1) is 20.3. The van der Waals surface area contributed by atoms with Gasteiger partial charge < -0.3 is 9.84 Å². The van der Waals surface area contributed by atoms with Crippen LogP contribution in [0.2, 0.25) is 0 Å². The summed E-state index contributed by atoms with van der Waals surface area (Å²) >= 11 is 2.85. The average Bonchev–Trinajstić information content (AvgIpc) is 3.44. The Labute approximate surface area is 191 Å². The van der Waals surface area contributed by atoms with Gasteiger partial charge in [-0.25, -0.2) is 9.97 Å². The van der Waals surface area contributed by atoms with E-state index in [0.717, 1.165) is 36.9 Å². The summed E-state index contributed by atoms with van der Waals surface area (Å²) in [7, 11) is 0. The lowest BCUT2D eigenvalue weighted by molar-refractivity contribution is -0.113. The lowest BCUT2D eigenvalue weighted by Gasteiger charge is -2.05. The molecule has 1 N–H and O–H groups in total. The number of aromatic nitrogens is 4. The van der Waals surface area contributed by atoms with Gasteiger partial charge in [0.2, 0.25) is 11.7 Å². The number of benzene rings is 2. The largest absolute Gasteiger partial charge is 0.333 e. The first-order chi connectivity index (χ1) is 15.7. The molecule has 0 atom stereocenters. The highest BCUT2D eigenvalue weighted by Crippen LogP contribution is 2.40. The third-order valence-corrected chi connectivity index (χ3v) is 6.92. The summed E-state index contributed by atoms with van der Waals surface area (Å²) in [5.41, 5.74) is 2.62. The van der Waals surface area contributed by atoms with E-state index in [9.17, 15) is 4.79 Å². The summed E-state index contributed by atoms with van der Waals surface area (Å²) in [6, 6.07) is 19.1. The quantitative estimate of drug-likeness (QED) is 0.267. The standard InChI is InChI=1S/C23H17N5O2S2/c1-14-18-22(31-12-17(29)26-16-10-6-3-7-11-16)24-13-25-23(18)32-19(14)21-27-20(28-30-21)15-8-4-2-5-9-15/h2-11,13H,12H2,1H3,(H,26,29). The number of hydrogen-bond donors (Lipinski definition) is 1. The molecule has 2 aromatic carbocycles. The summed E-state index contributed by atoms with van der Waals surface area (Å²) in [4.78, 5) is 27.4. The number of thioether (sulfide) groups is 1. The Morgan fingerprint density at radius 3 is 2.59 bits per heavy atom. The smallest absolute Gasteiger partial charge is 0.268 e. The Hall–Kier alpha value is -3.56. The molecule has 0 radical (unpaired) electrons. The van der Waals surface area contributed by atoms with Crippen molar-refractivity contribution in [3.8, 4) is 22.2 Å². The average molecular weight is 460 g/mol. The number of anilines is 1. The van der Waals surface area contributed by atoms with Crippen molar-refractivity contribution >= 4 is 44.9 Å². The van der Waals surface area contributed by atoms with Crippen LogP contribution in [0.1, 0.15) is 5.56 Å². The highest BCUT2D eigenvalue weighted by Gasteiger charge is 2.21. The molecule has 1 amide bonds. The zero-order valence-corrected chi connectivity index (χ0v) is 18.6. The Balaban J connectivity index is 1.39. The third-order valence-electron chi connectivity index (χ3n) is 4.74. The number of thiophene rings is 1. The van der Waals surface area contributed by atoms with Gasteiger partial charge in [-0.3, -0.25) is 4.79 Å². The van der Waals surface area contributed by atoms with E-state index in [2.05, 4.69) is 25.4 Å². The first-order valence-electron chi connectivity index (χ1n) is 9.80. The number of amides is 1. The molecule has 0 aliphatic rings. The Morgan fingerprint density at radius 1 is 1.06 bits per heavy atom. The van der Waals surface area contributed by atoms with Crippen molar-refractivity contribution in [3.63, 3.8) is 0 Å². The molecule has 0 fully saturated rings. The predicted molar refractivity (Wildman–Crippen MR) is 127 cm³/mol. The van der Waals surface area contributed by atoms with Crippen LogP contribution in [0, 0.1) is 6.92 Å². The van der Waals surface area contributed by atoms with E-state index in [1.54, 1.807) is 0 Å². The monoisotopic (exact) mass is 459 g/mol. The number of fused-ring (bicyclic) bond motifs is 1. The number of nitrogens with zero attached hydrogens (tertiary/aromatic N) is 4. The van der Waals surface area contributed by atoms with Crippen LogP contribution in [-0.4, -0.2) is 31.8 Å². The van der Waals surface area contributed by atoms with Crippen LogP contribution in [0.3, 0.4) is 0 Å². The van der Waals surface area contributed by atoms with Crippen LogP contribution >= 0.6 is 23.1 Å². The van der Waals surface area contributed by atoms with Crippen molar-refractivity contribution in [2.24, 2.45) is 0 Å². The number of aryl methyl sites for hydroxylation is 1. The number of para-hydroxylation sites is 1. The fourth-order valence-corrected chi connectivity index (χ4v) is 5.22. The van der Waals surface area contributed by atoms with E-state index in [0.29, 0.717) is 11.7 Å². The fourth-order valence-electron chi connectivity index (χ4n) is 3.23. The van der Waals surface area contributed by atoms with Crippen LogP contribution in [0.4, 0.5) is 5.69 Å². The second kappa shape index (κ2) is 8.89. The number of carbonyl (C=O) groups is 1. The minimum atomic E-state index is -0.0922. The summed E-state index contributed by atoms with van der Waals surface area (Å²) in [5, 5.41) is 8.67. The van der Waals surface area contributed by atoms with Crippen molar-refractivity contribution in [2.75, 3.05) is 11.1 Å². The maximum atomic E-state index is 12.4. The van der Waals surface area contributed by atoms with Gasteiger partial charge in [0.05, 0.1) is 10.6 Å². The van der Waals surface area contributed by atoms with Gasteiger partial charge in [-0.05, 0) is 24.6 Å². The molecule has 7 nitrogen and oxygen atoms in total. The molecule has 5 rings (SSSR count). The van der Waals surface area contributed by atoms with E-state index in [1.807, 2.05) is 67.6 Å². The Bertz CT molecular complexity index is 1380. The summed E-state index contributed by atoms with van der Waals surface area (Å²) in [6.07, 6.45) is 1.52. The third kappa shape index (κ3) is 4.12.